The summed E-state index contributed by atoms with van der Waals surface area (Å²) in [7, 11) is 1.65. The standard InChI is InChI=1S/C15H16F3NO2/c1-14(2,13(20)21)7-9-8-19(3)11-6-4-5-10(12(9)11)15(16,17)18/h4-6,8H,7H2,1-3H3,(H,20,21). The number of fused-ring (bicyclic) bond motifs is 1. The van der Waals surface area contributed by atoms with E-state index in [-0.39, 0.29) is 11.8 Å². The number of aliphatic carboxylic acids is 1. The van der Waals surface area contributed by atoms with Gasteiger partial charge in [0, 0.05) is 24.1 Å². The molecule has 1 N–H and O–H groups in total. The Bertz CT molecular complexity index is 699. The topological polar surface area (TPSA) is 42.2 Å². The molecule has 3 nitrogen and oxygen atoms in total. The molecule has 2 rings (SSSR count). The molecule has 0 saturated heterocycles. The zero-order chi connectivity index (χ0) is 16.0. The molecule has 21 heavy (non-hydrogen) atoms. The quantitative estimate of drug-likeness (QED) is 0.935. The summed E-state index contributed by atoms with van der Waals surface area (Å²) in [6, 6.07) is 3.98. The van der Waals surface area contributed by atoms with Crippen LogP contribution in [-0.2, 0) is 24.4 Å². The normalized spacial score (nSPS) is 12.9. The van der Waals surface area contributed by atoms with E-state index < -0.39 is 23.1 Å². The number of alkyl halides is 3. The number of halogens is 3. The first-order valence-electron chi connectivity index (χ1n) is 6.41. The summed E-state index contributed by atoms with van der Waals surface area (Å²) in [4.78, 5) is 11.2. The Morgan fingerprint density at radius 1 is 1.29 bits per heavy atom. The van der Waals surface area contributed by atoms with Gasteiger partial charge < -0.3 is 9.67 Å². The molecule has 1 aromatic carbocycles. The predicted octanol–water partition coefficient (Wildman–Crippen LogP) is 3.85. The number of aromatic nitrogens is 1. The van der Waals surface area contributed by atoms with Crippen molar-refractivity contribution >= 4 is 16.9 Å². The van der Waals surface area contributed by atoms with Crippen molar-refractivity contribution in [1.82, 2.24) is 4.57 Å². The molecular formula is C15H16F3NO2. The van der Waals surface area contributed by atoms with Crippen LogP contribution >= 0.6 is 0 Å². The Kier molecular flexibility index (Phi) is 3.51. The summed E-state index contributed by atoms with van der Waals surface area (Å²) in [5, 5.41) is 9.27. The van der Waals surface area contributed by atoms with Crippen LogP contribution in [0, 0.1) is 5.41 Å². The third-order valence-corrected chi connectivity index (χ3v) is 3.61. The number of nitrogens with zero attached hydrogens (tertiary/aromatic N) is 1. The lowest BCUT2D eigenvalue weighted by Gasteiger charge is -2.19. The monoisotopic (exact) mass is 299 g/mol. The Morgan fingerprint density at radius 3 is 2.43 bits per heavy atom. The zero-order valence-electron chi connectivity index (χ0n) is 12.0. The second-order valence-corrected chi connectivity index (χ2v) is 5.83. The number of hydrogen-bond acceptors (Lipinski definition) is 1. The number of rotatable bonds is 3. The van der Waals surface area contributed by atoms with Crippen molar-refractivity contribution < 1.29 is 23.1 Å². The first kappa shape index (κ1) is 15.4. The molecule has 0 fully saturated rings. The van der Waals surface area contributed by atoms with Crippen LogP contribution in [0.4, 0.5) is 13.2 Å². The van der Waals surface area contributed by atoms with Crippen molar-refractivity contribution in [2.45, 2.75) is 26.4 Å². The van der Waals surface area contributed by atoms with E-state index in [1.165, 1.54) is 19.9 Å². The van der Waals surface area contributed by atoms with Crippen LogP contribution < -0.4 is 0 Å². The highest BCUT2D eigenvalue weighted by Gasteiger charge is 2.35. The van der Waals surface area contributed by atoms with Crippen molar-refractivity contribution in [3.8, 4) is 0 Å². The maximum atomic E-state index is 13.2. The molecule has 0 aliphatic rings. The Hall–Kier alpha value is -1.98. The van der Waals surface area contributed by atoms with Gasteiger partial charge in [0.1, 0.15) is 0 Å². The van der Waals surface area contributed by atoms with Gasteiger partial charge in [-0.2, -0.15) is 13.2 Å². The lowest BCUT2D eigenvalue weighted by Crippen LogP contribution is -2.26. The van der Waals surface area contributed by atoms with Crippen LogP contribution in [0.25, 0.3) is 10.9 Å². The summed E-state index contributed by atoms with van der Waals surface area (Å²) >= 11 is 0. The maximum Gasteiger partial charge on any atom is 0.417 e. The Labute approximate surface area is 120 Å². The highest BCUT2D eigenvalue weighted by Crippen LogP contribution is 2.38. The average molecular weight is 299 g/mol. The Morgan fingerprint density at radius 2 is 1.90 bits per heavy atom. The van der Waals surface area contributed by atoms with Crippen molar-refractivity contribution in [3.05, 3.63) is 35.5 Å². The highest BCUT2D eigenvalue weighted by molar-refractivity contribution is 5.88. The fourth-order valence-electron chi connectivity index (χ4n) is 2.46. The summed E-state index contributed by atoms with van der Waals surface area (Å²) in [6.07, 6.45) is -2.86. The van der Waals surface area contributed by atoms with E-state index in [1.54, 1.807) is 23.9 Å². The number of carboxylic acid groups (broad SMARTS) is 1. The minimum atomic E-state index is -4.47. The van der Waals surface area contributed by atoms with Crippen molar-refractivity contribution in [1.29, 1.82) is 0 Å². The lowest BCUT2D eigenvalue weighted by atomic mass is 9.85. The fraction of sp³-hybridized carbons (Fsp3) is 0.400. The summed E-state index contributed by atoms with van der Waals surface area (Å²) in [6.45, 7) is 3.01. The molecule has 0 bridgehead atoms. The summed E-state index contributed by atoms with van der Waals surface area (Å²) < 4.78 is 41.1. The molecule has 6 heteroatoms. The molecule has 2 aromatic rings. The first-order chi connectivity index (χ1) is 9.54. The number of hydrogen-bond donors (Lipinski definition) is 1. The lowest BCUT2D eigenvalue weighted by molar-refractivity contribution is -0.146. The molecule has 0 spiro atoms. The number of benzene rings is 1. The smallest absolute Gasteiger partial charge is 0.417 e. The van der Waals surface area contributed by atoms with E-state index >= 15 is 0 Å². The van der Waals surface area contributed by atoms with Crippen LogP contribution in [0.3, 0.4) is 0 Å². The molecule has 0 atom stereocenters. The van der Waals surface area contributed by atoms with E-state index in [2.05, 4.69) is 0 Å². The second-order valence-electron chi connectivity index (χ2n) is 5.83. The third-order valence-electron chi connectivity index (χ3n) is 3.61. The van der Waals surface area contributed by atoms with E-state index in [0.29, 0.717) is 11.1 Å². The van der Waals surface area contributed by atoms with Crippen molar-refractivity contribution in [2.24, 2.45) is 12.5 Å². The largest absolute Gasteiger partial charge is 0.481 e. The molecule has 1 aromatic heterocycles. The molecule has 1 heterocycles. The van der Waals surface area contributed by atoms with Crippen LogP contribution in [0.1, 0.15) is 25.0 Å². The van der Waals surface area contributed by atoms with Gasteiger partial charge in [-0.3, -0.25) is 4.79 Å². The zero-order valence-corrected chi connectivity index (χ0v) is 12.0. The fourth-order valence-corrected chi connectivity index (χ4v) is 2.46. The minimum absolute atomic E-state index is 0.0345. The average Bonchev–Trinajstić information content (AvgIpc) is 2.64. The molecule has 0 radical (unpaired) electrons. The van der Waals surface area contributed by atoms with Crippen LogP contribution in [0.2, 0.25) is 0 Å². The van der Waals surface area contributed by atoms with Gasteiger partial charge in [-0.25, -0.2) is 0 Å². The van der Waals surface area contributed by atoms with Crippen LogP contribution in [0.15, 0.2) is 24.4 Å². The molecular weight excluding hydrogens is 283 g/mol. The molecule has 114 valence electrons. The summed E-state index contributed by atoms with van der Waals surface area (Å²) in [5.41, 5.74) is -1.02. The molecule has 0 saturated carbocycles. The van der Waals surface area contributed by atoms with Gasteiger partial charge in [-0.05, 0) is 38.0 Å². The Balaban J connectivity index is 2.68. The van der Waals surface area contributed by atoms with Crippen molar-refractivity contribution in [3.63, 3.8) is 0 Å². The maximum absolute atomic E-state index is 13.2. The molecule has 0 aliphatic carbocycles. The van der Waals surface area contributed by atoms with Gasteiger partial charge in [0.15, 0.2) is 0 Å². The van der Waals surface area contributed by atoms with Gasteiger partial charge in [0.2, 0.25) is 0 Å². The molecule has 0 aliphatic heterocycles. The third kappa shape index (κ3) is 2.75. The predicted molar refractivity (Wildman–Crippen MR) is 73.0 cm³/mol. The van der Waals surface area contributed by atoms with Crippen LogP contribution in [-0.4, -0.2) is 15.6 Å². The van der Waals surface area contributed by atoms with Crippen molar-refractivity contribution in [2.75, 3.05) is 0 Å². The van der Waals surface area contributed by atoms with Gasteiger partial charge in [0.05, 0.1) is 11.0 Å². The number of carbonyl (C=O) groups is 1. The van der Waals surface area contributed by atoms with Gasteiger partial charge in [0.25, 0.3) is 0 Å². The highest BCUT2D eigenvalue weighted by atomic mass is 19.4. The van der Waals surface area contributed by atoms with Gasteiger partial charge in [-0.15, -0.1) is 0 Å². The molecule has 0 amide bonds. The SMILES string of the molecule is Cn1cc(CC(C)(C)C(=O)O)c2c(C(F)(F)F)cccc21. The number of carboxylic acids is 1. The number of aryl methyl sites for hydroxylation is 1. The van der Waals surface area contributed by atoms with Crippen LogP contribution in [0.5, 0.6) is 0 Å². The van der Waals surface area contributed by atoms with E-state index in [0.717, 1.165) is 6.07 Å². The van der Waals surface area contributed by atoms with E-state index in [1.807, 2.05) is 0 Å². The first-order valence-corrected chi connectivity index (χ1v) is 6.41. The van der Waals surface area contributed by atoms with E-state index in [9.17, 15) is 23.1 Å². The minimum Gasteiger partial charge on any atom is -0.481 e. The summed E-state index contributed by atoms with van der Waals surface area (Å²) in [5.74, 6) is -1.04. The second kappa shape index (κ2) is 4.79. The van der Waals surface area contributed by atoms with Gasteiger partial charge >= 0.3 is 12.1 Å². The molecule has 0 unspecified atom stereocenters. The van der Waals surface area contributed by atoms with E-state index in [4.69, 9.17) is 0 Å². The van der Waals surface area contributed by atoms with Gasteiger partial charge in [-0.1, -0.05) is 6.07 Å².